The summed E-state index contributed by atoms with van der Waals surface area (Å²) in [6.45, 7) is 2.53. The van der Waals surface area contributed by atoms with Gasteiger partial charge in [0.05, 0.1) is 26.4 Å². The van der Waals surface area contributed by atoms with E-state index in [1.807, 2.05) is 43.3 Å². The van der Waals surface area contributed by atoms with E-state index in [1.165, 1.54) is 0 Å². The van der Waals surface area contributed by atoms with Crippen molar-refractivity contribution in [1.82, 2.24) is 0 Å². The van der Waals surface area contributed by atoms with Gasteiger partial charge in [-0.15, -0.1) is 0 Å². The molecule has 0 atom stereocenters. The summed E-state index contributed by atoms with van der Waals surface area (Å²) in [5, 5.41) is 0. The molecule has 0 unspecified atom stereocenters. The van der Waals surface area contributed by atoms with Crippen LogP contribution in [0.5, 0.6) is 17.2 Å². The van der Waals surface area contributed by atoms with Gasteiger partial charge in [0.25, 0.3) is 0 Å². The number of carbonyl (C=O) groups is 1. The molecule has 2 aromatic carbocycles. The van der Waals surface area contributed by atoms with Gasteiger partial charge in [-0.05, 0) is 49.4 Å². The van der Waals surface area contributed by atoms with Gasteiger partial charge in [0.1, 0.15) is 11.5 Å². The number of esters is 1. The summed E-state index contributed by atoms with van der Waals surface area (Å²) in [6, 6.07) is 12.9. The van der Waals surface area contributed by atoms with E-state index in [4.69, 9.17) is 18.9 Å². The molecule has 0 saturated heterocycles. The Bertz CT molecular complexity index is 862. The molecule has 0 fully saturated rings. The van der Waals surface area contributed by atoms with Gasteiger partial charge in [0, 0.05) is 11.1 Å². The Labute approximate surface area is 152 Å². The smallest absolute Gasteiger partial charge is 0.343 e. The predicted molar refractivity (Wildman–Crippen MR) is 99.2 cm³/mol. The largest absolute Gasteiger partial charge is 0.494 e. The predicted octanol–water partition coefficient (Wildman–Crippen LogP) is 4.08. The fourth-order valence-electron chi connectivity index (χ4n) is 2.71. The molecule has 3 rings (SSSR count). The molecule has 0 aromatic heterocycles. The molecule has 0 spiro atoms. The van der Waals surface area contributed by atoms with Crippen LogP contribution in [0.15, 0.2) is 54.1 Å². The quantitative estimate of drug-likeness (QED) is 0.579. The Morgan fingerprint density at radius 1 is 1.04 bits per heavy atom. The lowest BCUT2D eigenvalue weighted by atomic mass is 10.1. The van der Waals surface area contributed by atoms with Crippen molar-refractivity contribution in [2.24, 2.45) is 0 Å². The number of benzene rings is 2. The molecule has 1 heterocycles. The molecule has 2 aromatic rings. The molecule has 1 aliphatic rings. The summed E-state index contributed by atoms with van der Waals surface area (Å²) in [7, 11) is 3.14. The van der Waals surface area contributed by atoms with Crippen LogP contribution in [0.4, 0.5) is 0 Å². The maximum atomic E-state index is 12.2. The maximum Gasteiger partial charge on any atom is 0.343 e. The number of ether oxygens (including phenoxy) is 4. The molecule has 1 aliphatic heterocycles. The molecule has 0 bridgehead atoms. The molecule has 134 valence electrons. The number of hydrogen-bond donors (Lipinski definition) is 0. The van der Waals surface area contributed by atoms with Gasteiger partial charge in [-0.2, -0.15) is 0 Å². The van der Waals surface area contributed by atoms with Crippen LogP contribution in [-0.4, -0.2) is 26.8 Å². The fraction of sp³-hybridized carbons (Fsp3) is 0.190. The number of rotatable bonds is 6. The fourth-order valence-corrected chi connectivity index (χ4v) is 2.71. The number of methoxy groups -OCH3 is 2. The van der Waals surface area contributed by atoms with Crippen LogP contribution < -0.4 is 14.2 Å². The van der Waals surface area contributed by atoms with Crippen molar-refractivity contribution in [3.8, 4) is 17.2 Å². The molecular weight excluding hydrogens is 332 g/mol. The van der Waals surface area contributed by atoms with Gasteiger partial charge < -0.3 is 18.9 Å². The SMILES string of the molecule is CCOc1ccc(C2=C/C(=C/c3cccc(OC)c3OC)C(=O)O2)cc1. The van der Waals surface area contributed by atoms with Crippen LogP contribution in [0.3, 0.4) is 0 Å². The number of hydrogen-bond acceptors (Lipinski definition) is 5. The third kappa shape index (κ3) is 3.57. The molecule has 0 amide bonds. The number of carbonyl (C=O) groups excluding carboxylic acids is 1. The highest BCUT2D eigenvalue weighted by atomic mass is 16.5. The van der Waals surface area contributed by atoms with Crippen molar-refractivity contribution < 1.29 is 23.7 Å². The third-order valence-corrected chi connectivity index (χ3v) is 3.92. The molecule has 0 N–H and O–H groups in total. The van der Waals surface area contributed by atoms with Gasteiger partial charge >= 0.3 is 5.97 Å². The summed E-state index contributed by atoms with van der Waals surface area (Å²) in [6.07, 6.45) is 3.45. The Kier molecular flexibility index (Phi) is 5.27. The summed E-state index contributed by atoms with van der Waals surface area (Å²) in [5.41, 5.74) is 1.99. The summed E-state index contributed by atoms with van der Waals surface area (Å²) in [5.74, 6) is 2.05. The zero-order valence-corrected chi connectivity index (χ0v) is 14.9. The molecule has 5 nitrogen and oxygen atoms in total. The minimum atomic E-state index is -0.404. The molecule has 5 heteroatoms. The van der Waals surface area contributed by atoms with Gasteiger partial charge in [-0.25, -0.2) is 4.79 Å². The van der Waals surface area contributed by atoms with Gasteiger partial charge in [0.2, 0.25) is 0 Å². The maximum absolute atomic E-state index is 12.2. The standard InChI is InChI=1S/C21H20O5/c1-4-25-17-10-8-14(9-11-17)19-13-16(21(22)26-19)12-15-6-5-7-18(23-2)20(15)24-3/h5-13H,4H2,1-3H3/b16-12-. The first kappa shape index (κ1) is 17.6. The van der Waals surface area contributed by atoms with Crippen LogP contribution in [0.1, 0.15) is 18.1 Å². The first-order chi connectivity index (χ1) is 12.7. The lowest BCUT2D eigenvalue weighted by molar-refractivity contribution is -0.130. The first-order valence-corrected chi connectivity index (χ1v) is 8.26. The van der Waals surface area contributed by atoms with E-state index in [-0.39, 0.29) is 0 Å². The summed E-state index contributed by atoms with van der Waals surface area (Å²) in [4.78, 5) is 12.2. The second kappa shape index (κ2) is 7.78. The number of para-hydroxylation sites is 1. The van der Waals surface area contributed by atoms with Crippen molar-refractivity contribution in [3.63, 3.8) is 0 Å². The summed E-state index contributed by atoms with van der Waals surface area (Å²) >= 11 is 0. The van der Waals surface area contributed by atoms with E-state index in [1.54, 1.807) is 32.4 Å². The molecule has 0 saturated carbocycles. The Morgan fingerprint density at radius 2 is 1.81 bits per heavy atom. The molecule has 26 heavy (non-hydrogen) atoms. The van der Waals surface area contributed by atoms with Crippen LogP contribution in [0.25, 0.3) is 11.8 Å². The van der Waals surface area contributed by atoms with Crippen molar-refractivity contribution in [3.05, 3.63) is 65.2 Å². The third-order valence-electron chi connectivity index (χ3n) is 3.92. The average molecular weight is 352 g/mol. The van der Waals surface area contributed by atoms with Gasteiger partial charge in [0.15, 0.2) is 11.5 Å². The van der Waals surface area contributed by atoms with E-state index >= 15 is 0 Å². The van der Waals surface area contributed by atoms with Gasteiger partial charge in [-0.1, -0.05) is 12.1 Å². The molecular formula is C21H20O5. The lowest BCUT2D eigenvalue weighted by Crippen LogP contribution is -1.98. The minimum Gasteiger partial charge on any atom is -0.494 e. The van der Waals surface area contributed by atoms with Crippen LogP contribution >= 0.6 is 0 Å². The van der Waals surface area contributed by atoms with Crippen LogP contribution in [0.2, 0.25) is 0 Å². The second-order valence-corrected chi connectivity index (χ2v) is 5.54. The summed E-state index contributed by atoms with van der Waals surface area (Å²) < 4.78 is 21.5. The van der Waals surface area contributed by atoms with Crippen molar-refractivity contribution in [1.29, 1.82) is 0 Å². The Morgan fingerprint density at radius 3 is 2.46 bits per heavy atom. The first-order valence-electron chi connectivity index (χ1n) is 8.26. The van der Waals surface area contributed by atoms with Crippen molar-refractivity contribution in [2.45, 2.75) is 6.92 Å². The monoisotopic (exact) mass is 352 g/mol. The van der Waals surface area contributed by atoms with E-state index in [0.717, 1.165) is 16.9 Å². The highest BCUT2D eigenvalue weighted by Crippen LogP contribution is 2.34. The topological polar surface area (TPSA) is 54.0 Å². The van der Waals surface area contributed by atoms with E-state index < -0.39 is 5.97 Å². The van der Waals surface area contributed by atoms with Crippen LogP contribution in [-0.2, 0) is 9.53 Å². The number of cyclic esters (lactones) is 1. The zero-order valence-electron chi connectivity index (χ0n) is 14.9. The molecule has 0 radical (unpaired) electrons. The van der Waals surface area contributed by atoms with Gasteiger partial charge in [-0.3, -0.25) is 0 Å². The average Bonchev–Trinajstić information content (AvgIpc) is 3.03. The second-order valence-electron chi connectivity index (χ2n) is 5.54. The minimum absolute atomic E-state index is 0.404. The van der Waals surface area contributed by atoms with Crippen molar-refractivity contribution in [2.75, 3.05) is 20.8 Å². The van der Waals surface area contributed by atoms with Crippen molar-refractivity contribution >= 4 is 17.8 Å². The highest BCUT2D eigenvalue weighted by molar-refractivity contribution is 6.05. The van der Waals surface area contributed by atoms with E-state index in [0.29, 0.717) is 29.4 Å². The molecule has 0 aliphatic carbocycles. The van der Waals surface area contributed by atoms with E-state index in [2.05, 4.69) is 0 Å². The lowest BCUT2D eigenvalue weighted by Gasteiger charge is -2.10. The van der Waals surface area contributed by atoms with Crippen LogP contribution in [0, 0.1) is 0 Å². The highest BCUT2D eigenvalue weighted by Gasteiger charge is 2.23. The normalized spacial score (nSPS) is 14.8. The van der Waals surface area contributed by atoms with E-state index in [9.17, 15) is 4.79 Å². The zero-order chi connectivity index (χ0) is 18.5. The Balaban J connectivity index is 1.92. The Hall–Kier alpha value is -3.21.